The number of rotatable bonds is 6. The molecule has 0 fully saturated rings. The molecule has 5 nitrogen and oxygen atoms in total. The quantitative estimate of drug-likeness (QED) is 0.319. The maximum Gasteiger partial charge on any atom is 0.251 e. The highest BCUT2D eigenvalue weighted by Gasteiger charge is 2.12. The normalized spacial score (nSPS) is 11.3. The zero-order valence-corrected chi connectivity index (χ0v) is 19.3. The van der Waals surface area contributed by atoms with Crippen LogP contribution in [0.2, 0.25) is 5.02 Å². The van der Waals surface area contributed by atoms with E-state index in [0.717, 1.165) is 39.7 Å². The molecule has 7 heteroatoms. The molecule has 0 aliphatic heterocycles. The lowest BCUT2D eigenvalue weighted by atomic mass is 10.0. The molecule has 0 bridgehead atoms. The van der Waals surface area contributed by atoms with Crippen molar-refractivity contribution in [3.63, 3.8) is 0 Å². The summed E-state index contributed by atoms with van der Waals surface area (Å²) in [6.45, 7) is 2.14. The average molecular weight is 473 g/mol. The molecule has 5 aromatic rings. The van der Waals surface area contributed by atoms with Gasteiger partial charge in [0, 0.05) is 64.2 Å². The summed E-state index contributed by atoms with van der Waals surface area (Å²) in [5.41, 5.74) is 5.35. The predicted molar refractivity (Wildman–Crippen MR) is 133 cm³/mol. The van der Waals surface area contributed by atoms with Crippen molar-refractivity contribution >= 4 is 39.3 Å². The lowest BCUT2D eigenvalue weighted by Gasteiger charge is -2.09. The number of carbonyl (C=O) groups excluding carboxylic acids is 1. The molecule has 5 rings (SSSR count). The number of H-pyrrole nitrogens is 1. The Balaban J connectivity index is 1.30. The summed E-state index contributed by atoms with van der Waals surface area (Å²) in [4.78, 5) is 24.7. The first kappa shape index (κ1) is 22.0. The Kier molecular flexibility index (Phi) is 5.99. The largest absolute Gasteiger partial charge is 0.360 e. The van der Waals surface area contributed by atoms with Crippen molar-refractivity contribution in [3.8, 4) is 0 Å². The molecule has 0 atom stereocenters. The van der Waals surface area contributed by atoms with E-state index in [9.17, 15) is 9.18 Å². The number of halogens is 2. The lowest BCUT2D eigenvalue weighted by Crippen LogP contribution is -2.23. The number of hydrogen-bond acceptors (Lipinski definition) is 3. The van der Waals surface area contributed by atoms with Crippen LogP contribution < -0.4 is 5.32 Å². The molecule has 0 unspecified atom stereocenters. The number of aromatic nitrogens is 3. The van der Waals surface area contributed by atoms with Gasteiger partial charge in [-0.2, -0.15) is 0 Å². The van der Waals surface area contributed by atoms with Gasteiger partial charge in [-0.25, -0.2) is 4.39 Å². The number of carbonyl (C=O) groups is 1. The maximum atomic E-state index is 14.4. The number of hydrogen-bond donors (Lipinski definition) is 2. The van der Waals surface area contributed by atoms with Gasteiger partial charge in [-0.05, 0) is 54.4 Å². The summed E-state index contributed by atoms with van der Waals surface area (Å²) < 4.78 is 14.4. The summed E-state index contributed by atoms with van der Waals surface area (Å²) in [7, 11) is 0. The van der Waals surface area contributed by atoms with Crippen LogP contribution in [0.1, 0.15) is 39.8 Å². The van der Waals surface area contributed by atoms with Gasteiger partial charge >= 0.3 is 0 Å². The molecule has 2 aromatic carbocycles. The van der Waals surface area contributed by atoms with Gasteiger partial charge in [-0.1, -0.05) is 30.7 Å². The van der Waals surface area contributed by atoms with E-state index >= 15 is 0 Å². The van der Waals surface area contributed by atoms with Crippen LogP contribution >= 0.6 is 11.6 Å². The molecule has 0 radical (unpaired) electrons. The summed E-state index contributed by atoms with van der Waals surface area (Å²) in [6, 6.07) is 16.7. The van der Waals surface area contributed by atoms with E-state index in [1.165, 1.54) is 6.07 Å². The second-order valence-electron chi connectivity index (χ2n) is 8.20. The first-order chi connectivity index (χ1) is 16.5. The standard InChI is InChI=1S/C27H22ClFN4O/c1-2-20-5-4-17-9-16(3-6-25(17)33-20)10-21-11-18(7-8-30-21)27(34)32-14-19-12-22-23(28)15-31-26(22)13-24(19)29/h3-9,11-13,15,31H,2,10,14H2,1H3,(H,32,34). The Morgan fingerprint density at radius 2 is 1.97 bits per heavy atom. The van der Waals surface area contributed by atoms with Crippen LogP contribution in [0.5, 0.6) is 0 Å². The molecule has 3 aromatic heterocycles. The van der Waals surface area contributed by atoms with Crippen LogP contribution in [0.25, 0.3) is 21.8 Å². The number of nitrogens with zero attached hydrogens (tertiary/aromatic N) is 2. The second-order valence-corrected chi connectivity index (χ2v) is 8.61. The number of amides is 1. The van der Waals surface area contributed by atoms with Crippen LogP contribution in [-0.2, 0) is 19.4 Å². The summed E-state index contributed by atoms with van der Waals surface area (Å²) >= 11 is 6.13. The molecule has 3 heterocycles. The number of pyridine rings is 2. The van der Waals surface area contributed by atoms with Crippen molar-refractivity contribution in [2.45, 2.75) is 26.3 Å². The van der Waals surface area contributed by atoms with E-state index in [1.54, 1.807) is 30.6 Å². The highest BCUT2D eigenvalue weighted by Crippen LogP contribution is 2.26. The minimum atomic E-state index is -0.404. The molecule has 0 spiro atoms. The van der Waals surface area contributed by atoms with Crippen molar-refractivity contribution in [3.05, 3.63) is 106 Å². The number of aromatic amines is 1. The minimum Gasteiger partial charge on any atom is -0.360 e. The van der Waals surface area contributed by atoms with Gasteiger partial charge in [-0.15, -0.1) is 0 Å². The van der Waals surface area contributed by atoms with E-state index in [0.29, 0.717) is 28.1 Å². The molecule has 0 aliphatic rings. The summed E-state index contributed by atoms with van der Waals surface area (Å²) in [5, 5.41) is 5.09. The van der Waals surface area contributed by atoms with Crippen LogP contribution in [0.15, 0.2) is 67.0 Å². The number of benzene rings is 2. The molecule has 0 aliphatic carbocycles. The predicted octanol–water partition coefficient (Wildman–Crippen LogP) is 5.99. The summed E-state index contributed by atoms with van der Waals surface area (Å²) in [5.74, 6) is -0.697. The SMILES string of the molecule is CCc1ccc2cc(Cc3cc(C(=O)NCc4cc5c(Cl)c[nH]c5cc4F)ccn3)ccc2n1. The smallest absolute Gasteiger partial charge is 0.251 e. The van der Waals surface area contributed by atoms with Crippen LogP contribution in [0.4, 0.5) is 4.39 Å². The van der Waals surface area contributed by atoms with Crippen LogP contribution in [-0.4, -0.2) is 20.9 Å². The molecule has 1 amide bonds. The van der Waals surface area contributed by atoms with E-state index in [1.807, 2.05) is 18.2 Å². The molecule has 34 heavy (non-hydrogen) atoms. The van der Waals surface area contributed by atoms with Crippen LogP contribution in [0.3, 0.4) is 0 Å². The van der Waals surface area contributed by atoms with E-state index in [2.05, 4.69) is 39.3 Å². The van der Waals surface area contributed by atoms with Crippen molar-refractivity contribution in [1.29, 1.82) is 0 Å². The molecular formula is C27H22ClFN4O. The maximum absolute atomic E-state index is 14.4. The van der Waals surface area contributed by atoms with Gasteiger partial charge < -0.3 is 10.3 Å². The van der Waals surface area contributed by atoms with Gasteiger partial charge in [0.2, 0.25) is 0 Å². The van der Waals surface area contributed by atoms with E-state index in [-0.39, 0.29) is 12.5 Å². The van der Waals surface area contributed by atoms with Crippen LogP contribution in [0, 0.1) is 5.82 Å². The molecular weight excluding hydrogens is 451 g/mol. The molecule has 0 saturated heterocycles. The highest BCUT2D eigenvalue weighted by molar-refractivity contribution is 6.35. The fourth-order valence-electron chi connectivity index (χ4n) is 4.02. The topological polar surface area (TPSA) is 70.7 Å². The van der Waals surface area contributed by atoms with Crippen molar-refractivity contribution in [2.75, 3.05) is 0 Å². The number of nitrogens with one attached hydrogen (secondary N) is 2. The first-order valence-corrected chi connectivity index (χ1v) is 11.4. The van der Waals surface area contributed by atoms with Gasteiger partial charge in [0.05, 0.1) is 10.5 Å². The second kappa shape index (κ2) is 9.23. The highest BCUT2D eigenvalue weighted by atomic mass is 35.5. The van der Waals surface area contributed by atoms with Crippen molar-refractivity contribution < 1.29 is 9.18 Å². The Morgan fingerprint density at radius 3 is 2.82 bits per heavy atom. The number of fused-ring (bicyclic) bond motifs is 2. The Hall–Kier alpha value is -3.77. The fraction of sp³-hybridized carbons (Fsp3) is 0.148. The molecule has 2 N–H and O–H groups in total. The zero-order chi connectivity index (χ0) is 23.7. The molecule has 0 saturated carbocycles. The lowest BCUT2D eigenvalue weighted by molar-refractivity contribution is 0.0950. The average Bonchev–Trinajstić information content (AvgIpc) is 3.21. The minimum absolute atomic E-state index is 0.0528. The third-order valence-electron chi connectivity index (χ3n) is 5.88. The fourth-order valence-corrected chi connectivity index (χ4v) is 4.23. The van der Waals surface area contributed by atoms with Gasteiger partial charge in [0.15, 0.2) is 0 Å². The molecule has 170 valence electrons. The Bertz CT molecular complexity index is 1530. The van der Waals surface area contributed by atoms with E-state index < -0.39 is 5.82 Å². The third-order valence-corrected chi connectivity index (χ3v) is 6.19. The zero-order valence-electron chi connectivity index (χ0n) is 18.5. The van der Waals surface area contributed by atoms with Gasteiger partial charge in [0.1, 0.15) is 5.82 Å². The third kappa shape index (κ3) is 4.50. The van der Waals surface area contributed by atoms with Gasteiger partial charge in [0.25, 0.3) is 5.91 Å². The van der Waals surface area contributed by atoms with Gasteiger partial charge in [-0.3, -0.25) is 14.8 Å². The van der Waals surface area contributed by atoms with Crippen molar-refractivity contribution in [2.24, 2.45) is 0 Å². The first-order valence-electron chi connectivity index (χ1n) is 11.1. The van der Waals surface area contributed by atoms with E-state index in [4.69, 9.17) is 11.6 Å². The summed E-state index contributed by atoms with van der Waals surface area (Å²) in [6.07, 6.45) is 4.72. The van der Waals surface area contributed by atoms with Crippen molar-refractivity contribution in [1.82, 2.24) is 20.3 Å². The Labute approximate surface area is 201 Å². The number of aryl methyl sites for hydroxylation is 1. The monoisotopic (exact) mass is 472 g/mol. The Morgan fingerprint density at radius 1 is 1.09 bits per heavy atom.